The van der Waals surface area contributed by atoms with Gasteiger partial charge in [0.15, 0.2) is 5.69 Å². The summed E-state index contributed by atoms with van der Waals surface area (Å²) >= 11 is 0. The Morgan fingerprint density at radius 3 is 2.55 bits per heavy atom. The third kappa shape index (κ3) is 3.06. The second-order valence-electron chi connectivity index (χ2n) is 4.42. The van der Waals surface area contributed by atoms with Gasteiger partial charge in [-0.25, -0.2) is 9.97 Å². The molecule has 1 N–H and O–H groups in total. The predicted molar refractivity (Wildman–Crippen MR) is 67.0 cm³/mol. The minimum Gasteiger partial charge on any atom is -0.380 e. The van der Waals surface area contributed by atoms with Gasteiger partial charge >= 0.3 is 6.18 Å². The second kappa shape index (κ2) is 5.72. The van der Waals surface area contributed by atoms with Gasteiger partial charge < -0.3 is 4.74 Å². The molecular formula is C12H11F3N4O3. The number of halogens is 3. The zero-order valence-corrected chi connectivity index (χ0v) is 11.6. The van der Waals surface area contributed by atoms with Crippen molar-refractivity contribution in [1.29, 1.82) is 0 Å². The number of nitrogens with one attached hydrogen (secondary N) is 1. The van der Waals surface area contributed by atoms with E-state index in [2.05, 4.69) is 20.1 Å². The van der Waals surface area contributed by atoms with Crippen molar-refractivity contribution in [1.82, 2.24) is 15.0 Å². The average molecular weight is 316 g/mol. The molecule has 1 aliphatic heterocycles. The summed E-state index contributed by atoms with van der Waals surface area (Å²) in [6, 6.07) is 0. The van der Waals surface area contributed by atoms with Crippen LogP contribution in [0, 0.1) is 0 Å². The van der Waals surface area contributed by atoms with Gasteiger partial charge in [0, 0.05) is 30.5 Å². The first kappa shape index (κ1) is 15.9. The molecule has 0 unspecified atom stereocenters. The molecule has 0 saturated heterocycles. The fraction of sp³-hybridized carbons (Fsp3) is 0.333. The highest BCUT2D eigenvalue weighted by Crippen LogP contribution is 2.31. The number of alkyl halides is 3. The molecule has 1 aromatic heterocycles. The molecule has 0 saturated carbocycles. The quantitative estimate of drug-likeness (QED) is 0.843. The highest BCUT2D eigenvalue weighted by molar-refractivity contribution is 6.16. The Morgan fingerprint density at radius 2 is 2.05 bits per heavy atom. The topological polar surface area (TPSA) is 84.4 Å². The number of hydrazine groups is 1. The monoisotopic (exact) mass is 316 g/mol. The second-order valence-corrected chi connectivity index (χ2v) is 4.42. The summed E-state index contributed by atoms with van der Waals surface area (Å²) in [5, 5.41) is 0.542. The highest BCUT2D eigenvalue weighted by atomic mass is 19.4. The van der Waals surface area contributed by atoms with Crippen molar-refractivity contribution in [3.8, 4) is 0 Å². The number of hydrogen-bond acceptors (Lipinski definition) is 6. The van der Waals surface area contributed by atoms with E-state index in [1.54, 1.807) is 0 Å². The Kier molecular flexibility index (Phi) is 4.13. The summed E-state index contributed by atoms with van der Waals surface area (Å²) in [5.41, 5.74) is 0.875. The number of carbonyl (C=O) groups is 2. The van der Waals surface area contributed by atoms with Crippen LogP contribution < -0.4 is 5.43 Å². The summed E-state index contributed by atoms with van der Waals surface area (Å²) in [7, 11) is 1.24. The van der Waals surface area contributed by atoms with Crippen LogP contribution in [0.25, 0.3) is 0 Å². The number of hydrogen-bond donors (Lipinski definition) is 1. The molecule has 0 bridgehead atoms. The number of carbonyl (C=O) groups excluding carboxylic acids is 2. The van der Waals surface area contributed by atoms with E-state index < -0.39 is 29.6 Å². The molecule has 2 rings (SSSR count). The summed E-state index contributed by atoms with van der Waals surface area (Å²) in [4.78, 5) is 30.1. The lowest BCUT2D eigenvalue weighted by Gasteiger charge is -2.17. The molecule has 2 amide bonds. The molecule has 0 spiro atoms. The maximum atomic E-state index is 12.9. The molecule has 10 heteroatoms. The van der Waals surface area contributed by atoms with Crippen molar-refractivity contribution in [3.05, 3.63) is 29.1 Å². The third-order valence-electron chi connectivity index (χ3n) is 2.75. The fourth-order valence-electron chi connectivity index (χ4n) is 1.76. The van der Waals surface area contributed by atoms with Crippen molar-refractivity contribution in [2.75, 3.05) is 12.5 Å². The first-order valence-corrected chi connectivity index (χ1v) is 5.99. The number of imide groups is 1. The zero-order valence-electron chi connectivity index (χ0n) is 11.6. The van der Waals surface area contributed by atoms with Gasteiger partial charge in [0.2, 0.25) is 5.95 Å². The van der Waals surface area contributed by atoms with E-state index in [9.17, 15) is 22.8 Å². The fourth-order valence-corrected chi connectivity index (χ4v) is 1.76. The van der Waals surface area contributed by atoms with Gasteiger partial charge in [-0.05, 0) is 6.92 Å². The first-order valence-electron chi connectivity index (χ1n) is 5.99. The van der Waals surface area contributed by atoms with Crippen molar-refractivity contribution in [2.45, 2.75) is 19.7 Å². The Bertz CT molecular complexity index is 658. The SMILES string of the molecule is COCc1cnc(NN2C(=O)C=C(C)C2=O)nc1C(F)(F)F. The average Bonchev–Trinajstić information content (AvgIpc) is 2.66. The van der Waals surface area contributed by atoms with E-state index in [0.29, 0.717) is 5.01 Å². The van der Waals surface area contributed by atoms with Crippen LogP contribution in [-0.4, -0.2) is 33.9 Å². The molecule has 118 valence electrons. The predicted octanol–water partition coefficient (Wildman–Crippen LogP) is 1.28. The molecule has 0 atom stereocenters. The molecule has 22 heavy (non-hydrogen) atoms. The summed E-state index contributed by atoms with van der Waals surface area (Å²) < 4.78 is 43.5. The Hall–Kier alpha value is -2.49. The van der Waals surface area contributed by atoms with E-state index in [-0.39, 0.29) is 17.7 Å². The molecule has 0 radical (unpaired) electrons. The summed E-state index contributed by atoms with van der Waals surface area (Å²) in [5.74, 6) is -1.90. The highest BCUT2D eigenvalue weighted by Gasteiger charge is 2.37. The van der Waals surface area contributed by atoms with Crippen LogP contribution >= 0.6 is 0 Å². The zero-order chi connectivity index (χ0) is 16.5. The lowest BCUT2D eigenvalue weighted by Crippen LogP contribution is -2.37. The maximum Gasteiger partial charge on any atom is 0.433 e. The molecule has 0 fully saturated rings. The van der Waals surface area contributed by atoms with Crippen LogP contribution in [0.3, 0.4) is 0 Å². The maximum absolute atomic E-state index is 12.9. The van der Waals surface area contributed by atoms with Crippen molar-refractivity contribution >= 4 is 17.8 Å². The van der Waals surface area contributed by atoms with Crippen LogP contribution in [0.1, 0.15) is 18.2 Å². The van der Waals surface area contributed by atoms with Gasteiger partial charge in [-0.3, -0.25) is 15.0 Å². The minimum atomic E-state index is -4.72. The van der Waals surface area contributed by atoms with Gasteiger partial charge in [-0.15, -0.1) is 0 Å². The molecule has 0 aliphatic carbocycles. The van der Waals surface area contributed by atoms with E-state index in [0.717, 1.165) is 12.3 Å². The number of aromatic nitrogens is 2. The normalized spacial score (nSPS) is 15.3. The standard InChI is InChI=1S/C12H11F3N4O3/c1-6-3-8(20)19(10(6)21)18-11-16-4-7(5-22-2)9(17-11)12(13,14)15/h3-4H,5H2,1-2H3,(H,16,17,18). The van der Waals surface area contributed by atoms with Crippen LogP contribution in [0.2, 0.25) is 0 Å². The molecule has 1 aliphatic rings. The molecular weight excluding hydrogens is 305 g/mol. The van der Waals surface area contributed by atoms with Crippen molar-refractivity contribution in [2.24, 2.45) is 0 Å². The molecule has 2 heterocycles. The smallest absolute Gasteiger partial charge is 0.380 e. The van der Waals surface area contributed by atoms with E-state index in [1.165, 1.54) is 14.0 Å². The minimum absolute atomic E-state index is 0.157. The molecule has 1 aromatic rings. The van der Waals surface area contributed by atoms with Gasteiger partial charge in [0.25, 0.3) is 11.8 Å². The lowest BCUT2D eigenvalue weighted by atomic mass is 10.2. The Labute approximate surface area is 122 Å². The van der Waals surface area contributed by atoms with Crippen LogP contribution in [0.15, 0.2) is 17.8 Å². The third-order valence-corrected chi connectivity index (χ3v) is 2.75. The lowest BCUT2D eigenvalue weighted by molar-refractivity contribution is -0.142. The van der Waals surface area contributed by atoms with Gasteiger partial charge in [0.05, 0.1) is 6.61 Å². The van der Waals surface area contributed by atoms with E-state index in [4.69, 9.17) is 0 Å². The van der Waals surface area contributed by atoms with Crippen LogP contribution in [0.5, 0.6) is 0 Å². The number of anilines is 1. The van der Waals surface area contributed by atoms with Crippen molar-refractivity contribution in [3.63, 3.8) is 0 Å². The van der Waals surface area contributed by atoms with E-state index in [1.807, 2.05) is 0 Å². The number of nitrogens with zero attached hydrogens (tertiary/aromatic N) is 3. The number of methoxy groups -OCH3 is 1. The van der Waals surface area contributed by atoms with Crippen LogP contribution in [0.4, 0.5) is 19.1 Å². The number of amides is 2. The van der Waals surface area contributed by atoms with E-state index >= 15 is 0 Å². The Balaban J connectivity index is 2.30. The first-order chi connectivity index (χ1) is 10.2. The summed E-state index contributed by atoms with van der Waals surface area (Å²) in [6.45, 7) is 1.09. The molecule has 0 aromatic carbocycles. The number of rotatable bonds is 4. The summed E-state index contributed by atoms with van der Waals surface area (Å²) in [6.07, 6.45) is -2.74. The largest absolute Gasteiger partial charge is 0.433 e. The Morgan fingerprint density at radius 1 is 1.36 bits per heavy atom. The van der Waals surface area contributed by atoms with Crippen LogP contribution in [-0.2, 0) is 27.1 Å². The van der Waals surface area contributed by atoms with Gasteiger partial charge in [-0.2, -0.15) is 18.2 Å². The van der Waals surface area contributed by atoms with Gasteiger partial charge in [0.1, 0.15) is 0 Å². The number of ether oxygens (including phenoxy) is 1. The molecule has 7 nitrogen and oxygen atoms in total. The van der Waals surface area contributed by atoms with Gasteiger partial charge in [-0.1, -0.05) is 0 Å². The van der Waals surface area contributed by atoms with Crippen molar-refractivity contribution < 1.29 is 27.5 Å².